The summed E-state index contributed by atoms with van der Waals surface area (Å²) >= 11 is 0. The van der Waals surface area contributed by atoms with Crippen LogP contribution >= 0.6 is 0 Å². The van der Waals surface area contributed by atoms with Crippen molar-refractivity contribution < 1.29 is 94.3 Å². The molecule has 0 saturated heterocycles. The Bertz CT molecular complexity index is 177. The van der Waals surface area contributed by atoms with Gasteiger partial charge in [0.15, 0.2) is 0 Å². The van der Waals surface area contributed by atoms with Crippen molar-refractivity contribution in [1.29, 1.82) is 0 Å². The predicted octanol–water partition coefficient (Wildman–Crippen LogP) is 2.45. The standard InChI is InChI=1S/C5H4F6O.3Mo/c6-4(7,8)2-1-3(12)5(9,10)11;;;/h1-2H2;;;. The average molecular weight is 482 g/mol. The van der Waals surface area contributed by atoms with E-state index in [1.807, 2.05) is 0 Å². The molecular weight excluding hydrogens is 478 g/mol. The van der Waals surface area contributed by atoms with Gasteiger partial charge in [-0.25, -0.2) is 0 Å². The summed E-state index contributed by atoms with van der Waals surface area (Å²) in [7, 11) is 0. The minimum absolute atomic E-state index is 0. The number of Topliss-reactive ketones (excluding diaryl/α,β-unsaturated/α-hetero) is 1. The average Bonchev–Trinajstić information content (AvgIpc) is 1.78. The van der Waals surface area contributed by atoms with Crippen LogP contribution in [0.3, 0.4) is 0 Å². The van der Waals surface area contributed by atoms with Crippen molar-refractivity contribution in [3.8, 4) is 0 Å². The number of carbonyl (C=O) groups excluding carboxylic acids is 1. The molecule has 0 saturated carbocycles. The van der Waals surface area contributed by atoms with Gasteiger partial charge < -0.3 is 0 Å². The SMILES string of the molecule is O=C(CCC(F)(F)F)C(F)(F)F.[Mo].[Mo].[Mo]. The van der Waals surface area contributed by atoms with Crippen molar-refractivity contribution in [2.75, 3.05) is 0 Å². The summed E-state index contributed by atoms with van der Waals surface area (Å²) in [6, 6.07) is 0. The minimum atomic E-state index is -5.16. The Labute approximate surface area is 125 Å². The maximum Gasteiger partial charge on any atom is 0.449 e. The Balaban J connectivity index is -0.000000202. The second-order valence-corrected chi connectivity index (χ2v) is 2.04. The van der Waals surface area contributed by atoms with E-state index in [1.165, 1.54) is 0 Å². The van der Waals surface area contributed by atoms with Gasteiger partial charge in [-0.2, -0.15) is 26.3 Å². The van der Waals surface area contributed by atoms with E-state index in [1.54, 1.807) is 0 Å². The molecule has 0 fully saturated rings. The van der Waals surface area contributed by atoms with Gasteiger partial charge in [0.1, 0.15) is 0 Å². The van der Waals surface area contributed by atoms with Gasteiger partial charge in [-0.05, 0) is 0 Å². The molecule has 0 aromatic rings. The van der Waals surface area contributed by atoms with Gasteiger partial charge >= 0.3 is 12.4 Å². The third-order valence-corrected chi connectivity index (χ3v) is 0.952. The fourth-order valence-corrected chi connectivity index (χ4v) is 0.397. The maximum absolute atomic E-state index is 11.3. The van der Waals surface area contributed by atoms with Crippen molar-refractivity contribution in [2.24, 2.45) is 0 Å². The number of hydrogen-bond donors (Lipinski definition) is 0. The molecule has 0 spiro atoms. The predicted molar refractivity (Wildman–Crippen MR) is 26.4 cm³/mol. The summed E-state index contributed by atoms with van der Waals surface area (Å²) in [5, 5.41) is 0. The monoisotopic (exact) mass is 488 g/mol. The van der Waals surface area contributed by atoms with Crippen LogP contribution in [0.2, 0.25) is 0 Å². The van der Waals surface area contributed by atoms with Crippen LogP contribution in [0.5, 0.6) is 0 Å². The first kappa shape index (κ1) is 25.2. The van der Waals surface area contributed by atoms with Crippen molar-refractivity contribution >= 4 is 5.78 Å². The number of hydrogen-bond acceptors (Lipinski definition) is 1. The topological polar surface area (TPSA) is 17.1 Å². The number of ketones is 1. The van der Waals surface area contributed by atoms with Gasteiger partial charge in [-0.1, -0.05) is 0 Å². The molecule has 0 aromatic carbocycles. The van der Waals surface area contributed by atoms with E-state index < -0.39 is 31.0 Å². The van der Waals surface area contributed by atoms with Gasteiger partial charge in [-0.15, -0.1) is 0 Å². The van der Waals surface area contributed by atoms with Gasteiger partial charge in [0.25, 0.3) is 0 Å². The molecule has 0 amide bonds. The van der Waals surface area contributed by atoms with Crippen LogP contribution in [0.25, 0.3) is 0 Å². The van der Waals surface area contributed by atoms with Gasteiger partial charge in [0.2, 0.25) is 5.78 Å². The first-order valence-corrected chi connectivity index (χ1v) is 2.80. The summed E-state index contributed by atoms with van der Waals surface area (Å²) in [5.41, 5.74) is 0. The molecule has 10 heteroatoms. The van der Waals surface area contributed by atoms with Crippen LogP contribution in [-0.4, -0.2) is 18.1 Å². The Morgan fingerprint density at radius 3 is 1.40 bits per heavy atom. The normalized spacial score (nSPS) is 10.5. The molecule has 0 aliphatic rings. The molecule has 0 heterocycles. The second kappa shape index (κ2) is 9.36. The van der Waals surface area contributed by atoms with E-state index in [9.17, 15) is 31.1 Å². The van der Waals surface area contributed by atoms with E-state index in [4.69, 9.17) is 0 Å². The fraction of sp³-hybridized carbons (Fsp3) is 0.800. The molecule has 0 rings (SSSR count). The smallest absolute Gasteiger partial charge is 0.290 e. The van der Waals surface area contributed by atoms with Crippen molar-refractivity contribution in [3.05, 3.63) is 0 Å². The van der Waals surface area contributed by atoms with Crippen molar-refractivity contribution in [3.63, 3.8) is 0 Å². The van der Waals surface area contributed by atoms with E-state index >= 15 is 0 Å². The zero-order valence-electron chi connectivity index (χ0n) is 6.81. The number of carbonyl (C=O) groups is 1. The van der Waals surface area contributed by atoms with Crippen molar-refractivity contribution in [1.82, 2.24) is 0 Å². The quantitative estimate of drug-likeness (QED) is 0.437. The van der Waals surface area contributed by atoms with E-state index in [-0.39, 0.29) is 63.2 Å². The van der Waals surface area contributed by atoms with Crippen LogP contribution in [-0.2, 0) is 68.0 Å². The number of alkyl halides is 6. The Hall–Kier alpha value is 1.31. The summed E-state index contributed by atoms with van der Waals surface area (Å²) in [6.07, 6.45) is -13.1. The summed E-state index contributed by atoms with van der Waals surface area (Å²) < 4.78 is 67.8. The van der Waals surface area contributed by atoms with Crippen molar-refractivity contribution in [2.45, 2.75) is 25.2 Å². The van der Waals surface area contributed by atoms with E-state index in [2.05, 4.69) is 0 Å². The largest absolute Gasteiger partial charge is 0.449 e. The molecule has 15 heavy (non-hydrogen) atoms. The Morgan fingerprint density at radius 2 is 1.20 bits per heavy atom. The molecular formula is C5H4F6Mo3O. The molecule has 0 N–H and O–H groups in total. The molecule has 0 aliphatic carbocycles. The van der Waals surface area contributed by atoms with Crippen LogP contribution in [0, 0.1) is 0 Å². The van der Waals surface area contributed by atoms with Crippen LogP contribution in [0.4, 0.5) is 26.3 Å². The molecule has 0 aromatic heterocycles. The summed E-state index contributed by atoms with van der Waals surface area (Å²) in [4.78, 5) is 9.89. The van der Waals surface area contributed by atoms with E-state index in [0.29, 0.717) is 0 Å². The minimum Gasteiger partial charge on any atom is -0.290 e. The molecule has 90 valence electrons. The second-order valence-electron chi connectivity index (χ2n) is 2.04. The molecule has 1 nitrogen and oxygen atoms in total. The first-order valence-electron chi connectivity index (χ1n) is 2.80. The first-order chi connectivity index (χ1) is 5.13. The van der Waals surface area contributed by atoms with Crippen LogP contribution in [0.15, 0.2) is 0 Å². The molecule has 0 aliphatic heterocycles. The molecule has 0 atom stereocenters. The van der Waals surface area contributed by atoms with E-state index in [0.717, 1.165) is 0 Å². The maximum atomic E-state index is 11.3. The fourth-order valence-electron chi connectivity index (χ4n) is 0.397. The van der Waals surface area contributed by atoms with Gasteiger partial charge in [0, 0.05) is 69.6 Å². The number of halogens is 6. The zero-order chi connectivity index (χ0) is 9.99. The summed E-state index contributed by atoms with van der Waals surface area (Å²) in [5.74, 6) is -2.35. The zero-order valence-corrected chi connectivity index (χ0v) is 12.8. The van der Waals surface area contributed by atoms with Crippen LogP contribution in [0.1, 0.15) is 12.8 Å². The third-order valence-electron chi connectivity index (χ3n) is 0.952. The van der Waals surface area contributed by atoms with Gasteiger partial charge in [0.05, 0.1) is 6.42 Å². The van der Waals surface area contributed by atoms with Gasteiger partial charge in [-0.3, -0.25) is 4.79 Å². The molecule has 0 unspecified atom stereocenters. The molecule has 0 bridgehead atoms. The molecule has 0 radical (unpaired) electrons. The Kier molecular flexibility index (Phi) is 15.7. The number of rotatable bonds is 2. The third kappa shape index (κ3) is 15.3. The Morgan fingerprint density at radius 1 is 0.867 bits per heavy atom. The summed E-state index contributed by atoms with van der Waals surface area (Å²) in [6.45, 7) is 0. The van der Waals surface area contributed by atoms with Crippen LogP contribution < -0.4 is 0 Å².